The van der Waals surface area contributed by atoms with Crippen molar-refractivity contribution in [1.82, 2.24) is 15.6 Å². The van der Waals surface area contributed by atoms with Crippen LogP contribution in [-0.4, -0.2) is 53.8 Å². The van der Waals surface area contributed by atoms with Crippen LogP contribution in [0.1, 0.15) is 27.9 Å². The molecule has 0 saturated carbocycles. The van der Waals surface area contributed by atoms with Gasteiger partial charge < -0.3 is 15.2 Å². The Morgan fingerprint density at radius 1 is 1.02 bits per heavy atom. The van der Waals surface area contributed by atoms with Crippen molar-refractivity contribution < 1.29 is 23.8 Å². The maximum atomic E-state index is 13.5. The average Bonchev–Trinajstić information content (AvgIpc) is 3.40. The zero-order chi connectivity index (χ0) is 27.9. The number of hydrogen-bond acceptors (Lipinski definition) is 6. The Morgan fingerprint density at radius 3 is 2.56 bits per heavy atom. The number of ether oxygens (including phenoxy) is 1. The van der Waals surface area contributed by atoms with Crippen molar-refractivity contribution in [3.8, 4) is 11.5 Å². The molecule has 1 saturated heterocycles. The highest BCUT2D eigenvalue weighted by molar-refractivity contribution is 7.59. The molecule has 3 N–H and O–H groups in total. The molecule has 0 bridgehead atoms. The number of nitrogens with zero attached hydrogens (tertiary/aromatic N) is 2. The molecule has 0 aromatic heterocycles. The Kier molecular flexibility index (Phi) is 9.94. The molecule has 5 rings (SSSR count). The summed E-state index contributed by atoms with van der Waals surface area (Å²) < 4.78 is 19.4. The van der Waals surface area contributed by atoms with Crippen LogP contribution in [0.15, 0.2) is 90.0 Å². The van der Waals surface area contributed by atoms with E-state index in [1.54, 1.807) is 12.1 Å². The lowest BCUT2D eigenvalue weighted by Gasteiger charge is -2.17. The number of carbonyl (C=O) groups is 2. The van der Waals surface area contributed by atoms with E-state index in [0.717, 1.165) is 49.0 Å². The number of phenolic OH excluding ortho intramolecular Hbond substituents is 1. The lowest BCUT2D eigenvalue weighted by molar-refractivity contribution is -0.123. The summed E-state index contributed by atoms with van der Waals surface area (Å²) in [5.74, 6) is -1.65. The van der Waals surface area contributed by atoms with Crippen LogP contribution in [0.5, 0.6) is 11.5 Å². The smallest absolute Gasteiger partial charge is 0.271 e. The number of amides is 2. The summed E-state index contributed by atoms with van der Waals surface area (Å²) in [6.45, 7) is 2.49. The molecule has 41 heavy (non-hydrogen) atoms. The second-order valence-corrected chi connectivity index (χ2v) is 9.63. The van der Waals surface area contributed by atoms with Gasteiger partial charge in [-0.15, -0.1) is 0 Å². The van der Waals surface area contributed by atoms with Gasteiger partial charge in [0.05, 0.1) is 6.21 Å². The first-order valence-corrected chi connectivity index (χ1v) is 13.0. The molecule has 4 aromatic carbocycles. The van der Waals surface area contributed by atoms with Crippen LogP contribution in [0.4, 0.5) is 4.39 Å². The maximum Gasteiger partial charge on any atom is 0.271 e. The normalized spacial score (nSPS) is 15.0. The van der Waals surface area contributed by atoms with E-state index in [2.05, 4.69) is 32.9 Å². The van der Waals surface area contributed by atoms with Crippen molar-refractivity contribution >= 4 is 42.3 Å². The first kappa shape index (κ1) is 29.6. The Labute approximate surface area is 244 Å². The Morgan fingerprint density at radius 2 is 1.78 bits per heavy atom. The summed E-state index contributed by atoms with van der Waals surface area (Å²) in [5, 5.41) is 18.0. The van der Waals surface area contributed by atoms with E-state index in [1.165, 1.54) is 17.8 Å². The van der Waals surface area contributed by atoms with Crippen molar-refractivity contribution in [1.29, 1.82) is 0 Å². The van der Waals surface area contributed by atoms with Crippen LogP contribution in [-0.2, 0) is 11.3 Å². The summed E-state index contributed by atoms with van der Waals surface area (Å²) in [7, 11) is 0. The van der Waals surface area contributed by atoms with E-state index in [4.69, 9.17) is 4.74 Å². The third-order valence-corrected chi connectivity index (χ3v) is 6.74. The first-order chi connectivity index (χ1) is 19.5. The van der Waals surface area contributed by atoms with E-state index >= 15 is 0 Å². The Balaban J connectivity index is 0.00000387. The van der Waals surface area contributed by atoms with Crippen molar-refractivity contribution in [3.05, 3.63) is 107 Å². The fourth-order valence-electron chi connectivity index (χ4n) is 4.75. The standard InChI is InChI=1S/C31H29FN4O4.H2S/c32-27-16-22(10-12-28(27)37)31(39)35-33-17-23-11-13-29(26-9-5-4-8-25(23)26)40-20-30(38)34-24-14-15-36(19-24)18-21-6-2-1-3-7-21;/h1-13,16-17,24,37H,14-15,18-20H2,(H,34,38)(H,35,39);1H2/b33-17+;. The van der Waals surface area contributed by atoms with E-state index in [0.29, 0.717) is 11.3 Å². The molecule has 10 heteroatoms. The van der Waals surface area contributed by atoms with Gasteiger partial charge in [0.25, 0.3) is 11.8 Å². The predicted molar refractivity (Wildman–Crippen MR) is 161 cm³/mol. The van der Waals surface area contributed by atoms with Crippen LogP contribution < -0.4 is 15.5 Å². The lowest BCUT2D eigenvalue weighted by atomic mass is 10.0. The van der Waals surface area contributed by atoms with E-state index in [9.17, 15) is 19.1 Å². The molecular formula is C31H31FN4O4S. The van der Waals surface area contributed by atoms with E-state index in [-0.39, 0.29) is 37.6 Å². The summed E-state index contributed by atoms with van der Waals surface area (Å²) >= 11 is 0. The number of aromatic hydroxyl groups is 1. The molecule has 212 valence electrons. The van der Waals surface area contributed by atoms with Crippen molar-refractivity contribution in [2.45, 2.75) is 19.0 Å². The lowest BCUT2D eigenvalue weighted by Crippen LogP contribution is -2.39. The van der Waals surface area contributed by atoms with Crippen LogP contribution >= 0.6 is 13.5 Å². The van der Waals surface area contributed by atoms with Crippen molar-refractivity contribution in [3.63, 3.8) is 0 Å². The number of nitrogens with one attached hydrogen (secondary N) is 2. The van der Waals surface area contributed by atoms with Gasteiger partial charge in [0.15, 0.2) is 18.2 Å². The highest BCUT2D eigenvalue weighted by Crippen LogP contribution is 2.28. The second kappa shape index (κ2) is 13.8. The summed E-state index contributed by atoms with van der Waals surface area (Å²) in [6.07, 6.45) is 2.38. The fourth-order valence-corrected chi connectivity index (χ4v) is 4.75. The van der Waals surface area contributed by atoms with Crippen molar-refractivity contribution in [2.24, 2.45) is 5.10 Å². The number of halogens is 1. The Hall–Kier alpha value is -4.41. The minimum Gasteiger partial charge on any atom is -0.505 e. The minimum atomic E-state index is -0.889. The largest absolute Gasteiger partial charge is 0.505 e. The van der Waals surface area contributed by atoms with Gasteiger partial charge in [0.2, 0.25) is 0 Å². The fraction of sp³-hybridized carbons (Fsp3) is 0.194. The van der Waals surface area contributed by atoms with Gasteiger partial charge in [-0.1, -0.05) is 54.6 Å². The molecule has 8 nitrogen and oxygen atoms in total. The summed E-state index contributed by atoms with van der Waals surface area (Å²) in [5.41, 5.74) is 4.36. The zero-order valence-electron chi connectivity index (χ0n) is 22.2. The molecule has 0 radical (unpaired) electrons. The first-order valence-electron chi connectivity index (χ1n) is 13.0. The molecule has 1 fully saturated rings. The number of benzene rings is 4. The third-order valence-electron chi connectivity index (χ3n) is 6.74. The number of hydrazone groups is 1. The molecule has 1 aliphatic heterocycles. The average molecular weight is 575 g/mol. The number of carbonyl (C=O) groups excluding carboxylic acids is 2. The van der Waals surface area contributed by atoms with Crippen molar-refractivity contribution in [2.75, 3.05) is 19.7 Å². The summed E-state index contributed by atoms with van der Waals surface area (Å²) in [4.78, 5) is 27.2. The number of likely N-dealkylation sites (tertiary alicyclic amines) is 1. The highest BCUT2D eigenvalue weighted by Gasteiger charge is 2.24. The number of hydrogen-bond donors (Lipinski definition) is 3. The van der Waals surface area contributed by atoms with Gasteiger partial charge in [0.1, 0.15) is 5.75 Å². The van der Waals surface area contributed by atoms with E-state index < -0.39 is 17.5 Å². The topological polar surface area (TPSA) is 103 Å². The SMILES string of the molecule is O=C(COc1ccc(/C=N/NC(=O)c2ccc(O)c(F)c2)c2ccccc12)NC1CCN(Cc2ccccc2)C1.S. The predicted octanol–water partition coefficient (Wildman–Crippen LogP) is 4.33. The van der Waals surface area contributed by atoms with Crippen LogP contribution in [0.25, 0.3) is 10.8 Å². The molecule has 1 unspecified atom stereocenters. The van der Waals surface area contributed by atoms with Crippen LogP contribution in [0, 0.1) is 5.82 Å². The molecule has 1 atom stereocenters. The molecule has 1 aliphatic rings. The molecule has 2 amide bonds. The molecule has 4 aromatic rings. The molecule has 0 aliphatic carbocycles. The maximum absolute atomic E-state index is 13.5. The summed E-state index contributed by atoms with van der Waals surface area (Å²) in [6, 6.07) is 24.8. The third kappa shape index (κ3) is 7.62. The molecule has 1 heterocycles. The van der Waals surface area contributed by atoms with Gasteiger partial charge in [0, 0.05) is 42.2 Å². The van der Waals surface area contributed by atoms with Gasteiger partial charge in [-0.05, 0) is 47.7 Å². The zero-order valence-corrected chi connectivity index (χ0v) is 23.2. The van der Waals surface area contributed by atoms with Gasteiger partial charge >= 0.3 is 0 Å². The highest BCUT2D eigenvalue weighted by atomic mass is 32.1. The van der Waals surface area contributed by atoms with Crippen LogP contribution in [0.2, 0.25) is 0 Å². The van der Waals surface area contributed by atoms with Gasteiger partial charge in [-0.25, -0.2) is 9.82 Å². The number of phenols is 1. The number of fused-ring (bicyclic) bond motifs is 1. The van der Waals surface area contributed by atoms with Crippen LogP contribution in [0.3, 0.4) is 0 Å². The quantitative estimate of drug-likeness (QED) is 0.204. The van der Waals surface area contributed by atoms with Gasteiger partial charge in [-0.2, -0.15) is 18.6 Å². The minimum absolute atomic E-state index is 0. The monoisotopic (exact) mass is 574 g/mol. The number of rotatable bonds is 9. The van der Waals surface area contributed by atoms with E-state index in [1.807, 2.05) is 42.5 Å². The Bertz CT molecular complexity index is 1550. The molecule has 0 spiro atoms. The molecular weight excluding hydrogens is 543 g/mol. The second-order valence-electron chi connectivity index (χ2n) is 9.63. The van der Waals surface area contributed by atoms with Gasteiger partial charge in [-0.3, -0.25) is 14.5 Å².